The Bertz CT molecular complexity index is 1160. The Balaban J connectivity index is 1.52. The summed E-state index contributed by atoms with van der Waals surface area (Å²) in [5.41, 5.74) is 0.489. The quantitative estimate of drug-likeness (QED) is 0.409. The molecule has 0 spiro atoms. The number of carboxylic acid groups (broad SMARTS) is 1. The van der Waals surface area contributed by atoms with Crippen molar-refractivity contribution < 1.29 is 32.3 Å². The van der Waals surface area contributed by atoms with Gasteiger partial charge in [-0.05, 0) is 61.4 Å². The zero-order valence-corrected chi connectivity index (χ0v) is 19.2. The predicted molar refractivity (Wildman–Crippen MR) is 121 cm³/mol. The molecule has 0 aliphatic carbocycles. The predicted octanol–water partition coefficient (Wildman–Crippen LogP) is 6.14. The van der Waals surface area contributed by atoms with Crippen molar-refractivity contribution in [3.63, 3.8) is 0 Å². The van der Waals surface area contributed by atoms with Gasteiger partial charge in [-0.25, -0.2) is 4.79 Å². The Morgan fingerprint density at radius 2 is 1.97 bits per heavy atom. The van der Waals surface area contributed by atoms with Gasteiger partial charge in [0.25, 0.3) is 0 Å². The topological polar surface area (TPSA) is 88.7 Å². The molecule has 2 heterocycles. The van der Waals surface area contributed by atoms with Gasteiger partial charge in [-0.2, -0.15) is 18.2 Å². The lowest BCUT2D eigenvalue weighted by atomic mass is 9.97. The summed E-state index contributed by atoms with van der Waals surface area (Å²) in [5.74, 6) is 0.820. The smallest absolute Gasteiger partial charge is 0.416 e. The third kappa shape index (κ3) is 5.75. The second kappa shape index (κ2) is 10.4. The lowest BCUT2D eigenvalue weighted by molar-refractivity contribution is -0.138. The highest BCUT2D eigenvalue weighted by molar-refractivity contribution is 5.66. The van der Waals surface area contributed by atoms with Crippen LogP contribution in [0, 0.1) is 0 Å². The van der Waals surface area contributed by atoms with Crippen LogP contribution in [0.3, 0.4) is 0 Å². The number of amides is 1. The van der Waals surface area contributed by atoms with E-state index in [1.54, 1.807) is 0 Å². The van der Waals surface area contributed by atoms with E-state index in [9.17, 15) is 23.1 Å². The van der Waals surface area contributed by atoms with Crippen molar-refractivity contribution in [3.8, 4) is 17.1 Å². The monoisotopic (exact) mass is 489 g/mol. The molecular weight excluding hydrogens is 463 g/mol. The number of aromatic nitrogens is 2. The van der Waals surface area contributed by atoms with Gasteiger partial charge in [0.2, 0.25) is 11.7 Å². The molecule has 1 fully saturated rings. The van der Waals surface area contributed by atoms with Crippen LogP contribution in [0.2, 0.25) is 0 Å². The number of benzene rings is 2. The van der Waals surface area contributed by atoms with Crippen LogP contribution in [0.1, 0.15) is 54.8 Å². The van der Waals surface area contributed by atoms with Gasteiger partial charge >= 0.3 is 12.3 Å². The number of hydrogen-bond donors (Lipinski definition) is 1. The molecule has 3 aromatic rings. The number of alkyl halides is 3. The van der Waals surface area contributed by atoms with Crippen LogP contribution in [0.25, 0.3) is 11.4 Å². The van der Waals surface area contributed by atoms with Crippen LogP contribution in [-0.2, 0) is 19.0 Å². The zero-order valence-electron chi connectivity index (χ0n) is 19.2. The third-order valence-corrected chi connectivity index (χ3v) is 5.98. The summed E-state index contributed by atoms with van der Waals surface area (Å²) >= 11 is 0. The number of likely N-dealkylation sites (tertiary alicyclic amines) is 1. The highest BCUT2D eigenvalue weighted by atomic mass is 19.4. The number of nitrogens with zero attached hydrogens (tertiary/aromatic N) is 3. The fourth-order valence-electron chi connectivity index (χ4n) is 4.19. The first-order valence-corrected chi connectivity index (χ1v) is 11.5. The SMILES string of the molecule is CCCOc1ccc(CCc2ccc(-c3noc(C4CCCN4C(=O)O)n3)cc2C(F)(F)F)cc1. The second-order valence-corrected chi connectivity index (χ2v) is 8.45. The fourth-order valence-corrected chi connectivity index (χ4v) is 4.19. The minimum absolute atomic E-state index is 0.00282. The molecule has 4 rings (SSSR count). The number of aryl methyl sites for hydroxylation is 2. The minimum atomic E-state index is -4.55. The standard InChI is InChI=1S/C25H26F3N3O4/c1-2-14-34-19-11-6-16(7-12-19)5-8-17-9-10-18(15-20(17)25(26,27)28)22-29-23(35-30-22)21-4-3-13-31(21)24(32)33/h6-7,9-12,15,21H,2-5,8,13-14H2,1H3,(H,32,33). The van der Waals surface area contributed by atoms with Crippen LogP contribution in [0.5, 0.6) is 5.75 Å². The van der Waals surface area contributed by atoms with Crippen LogP contribution < -0.4 is 4.74 Å². The van der Waals surface area contributed by atoms with Gasteiger partial charge in [-0.15, -0.1) is 0 Å². The van der Waals surface area contributed by atoms with Crippen molar-refractivity contribution in [2.24, 2.45) is 0 Å². The number of halogens is 3. The summed E-state index contributed by atoms with van der Waals surface area (Å²) < 4.78 is 52.4. The molecule has 0 radical (unpaired) electrons. The summed E-state index contributed by atoms with van der Waals surface area (Å²) in [6.45, 7) is 2.97. The maximum absolute atomic E-state index is 13.9. The fraction of sp³-hybridized carbons (Fsp3) is 0.400. The molecule has 10 heteroatoms. The summed E-state index contributed by atoms with van der Waals surface area (Å²) in [4.78, 5) is 16.8. The van der Waals surface area contributed by atoms with Crippen molar-refractivity contribution in [3.05, 3.63) is 65.0 Å². The van der Waals surface area contributed by atoms with Gasteiger partial charge in [-0.3, -0.25) is 4.90 Å². The van der Waals surface area contributed by atoms with Crippen molar-refractivity contribution in [1.82, 2.24) is 15.0 Å². The van der Waals surface area contributed by atoms with Crippen LogP contribution in [0.15, 0.2) is 47.0 Å². The number of rotatable bonds is 8. The summed E-state index contributed by atoms with van der Waals surface area (Å²) in [7, 11) is 0. The lowest BCUT2D eigenvalue weighted by Gasteiger charge is -2.17. The molecule has 1 aliphatic rings. The van der Waals surface area contributed by atoms with Gasteiger partial charge in [0.1, 0.15) is 11.8 Å². The summed E-state index contributed by atoms with van der Waals surface area (Å²) in [5, 5.41) is 13.1. The molecule has 1 saturated heterocycles. The molecule has 0 saturated carbocycles. The van der Waals surface area contributed by atoms with Crippen molar-refractivity contribution in [2.45, 2.75) is 51.2 Å². The summed E-state index contributed by atoms with van der Waals surface area (Å²) in [6.07, 6.45) is -2.94. The number of carbonyl (C=O) groups is 1. The van der Waals surface area contributed by atoms with E-state index in [4.69, 9.17) is 9.26 Å². The molecule has 1 N–H and O–H groups in total. The van der Waals surface area contributed by atoms with E-state index in [-0.39, 0.29) is 29.3 Å². The molecule has 35 heavy (non-hydrogen) atoms. The van der Waals surface area contributed by atoms with E-state index in [1.807, 2.05) is 31.2 Å². The van der Waals surface area contributed by atoms with E-state index in [2.05, 4.69) is 10.1 Å². The molecule has 1 aromatic heterocycles. The Morgan fingerprint density at radius 3 is 2.66 bits per heavy atom. The van der Waals surface area contributed by atoms with Gasteiger partial charge in [0, 0.05) is 12.1 Å². The number of hydrogen-bond acceptors (Lipinski definition) is 5. The number of ether oxygens (including phenoxy) is 1. The molecule has 1 unspecified atom stereocenters. The van der Waals surface area contributed by atoms with Gasteiger partial charge in [-0.1, -0.05) is 36.3 Å². The van der Waals surface area contributed by atoms with Gasteiger partial charge in [0.15, 0.2) is 0 Å². The van der Waals surface area contributed by atoms with Crippen molar-refractivity contribution in [1.29, 1.82) is 0 Å². The van der Waals surface area contributed by atoms with E-state index in [0.29, 0.717) is 32.4 Å². The second-order valence-electron chi connectivity index (χ2n) is 8.45. The molecule has 1 atom stereocenters. The van der Waals surface area contributed by atoms with Gasteiger partial charge < -0.3 is 14.4 Å². The van der Waals surface area contributed by atoms with Crippen LogP contribution >= 0.6 is 0 Å². The van der Waals surface area contributed by atoms with E-state index >= 15 is 0 Å². The van der Waals surface area contributed by atoms with Crippen LogP contribution in [0.4, 0.5) is 18.0 Å². The Kier molecular flexibility index (Phi) is 7.28. The molecule has 1 aliphatic heterocycles. The lowest BCUT2D eigenvalue weighted by Crippen LogP contribution is -2.28. The van der Waals surface area contributed by atoms with E-state index in [1.165, 1.54) is 17.0 Å². The average molecular weight is 489 g/mol. The normalized spacial score (nSPS) is 16.0. The Labute approximate surface area is 200 Å². The van der Waals surface area contributed by atoms with E-state index < -0.39 is 23.9 Å². The third-order valence-electron chi connectivity index (χ3n) is 5.98. The Hall–Kier alpha value is -3.56. The van der Waals surface area contributed by atoms with Crippen LogP contribution in [-0.4, -0.2) is 39.4 Å². The highest BCUT2D eigenvalue weighted by Gasteiger charge is 2.36. The van der Waals surface area contributed by atoms with Crippen molar-refractivity contribution in [2.75, 3.05) is 13.2 Å². The zero-order chi connectivity index (χ0) is 25.0. The largest absolute Gasteiger partial charge is 0.494 e. The molecule has 186 valence electrons. The maximum atomic E-state index is 13.9. The molecule has 1 amide bonds. The maximum Gasteiger partial charge on any atom is 0.416 e. The van der Waals surface area contributed by atoms with Gasteiger partial charge in [0.05, 0.1) is 12.2 Å². The first kappa shape index (κ1) is 24.6. The van der Waals surface area contributed by atoms with E-state index in [0.717, 1.165) is 23.8 Å². The minimum Gasteiger partial charge on any atom is -0.494 e. The molecule has 2 aromatic carbocycles. The molecule has 0 bridgehead atoms. The van der Waals surface area contributed by atoms with Crippen molar-refractivity contribution >= 4 is 6.09 Å². The first-order valence-electron chi connectivity index (χ1n) is 11.5. The summed E-state index contributed by atoms with van der Waals surface area (Å²) in [6, 6.07) is 10.8. The first-order chi connectivity index (χ1) is 16.8. The highest BCUT2D eigenvalue weighted by Crippen LogP contribution is 2.36. The Morgan fingerprint density at radius 1 is 1.20 bits per heavy atom. The average Bonchev–Trinajstić information content (AvgIpc) is 3.51. The molecule has 7 nitrogen and oxygen atoms in total. The molecular formula is C25H26F3N3O4.